The molecule has 5 heteroatoms. The van der Waals surface area contributed by atoms with Gasteiger partial charge < -0.3 is 5.11 Å². The molecule has 23 heavy (non-hydrogen) atoms. The Bertz CT molecular complexity index is 814. The van der Waals surface area contributed by atoms with E-state index in [9.17, 15) is 14.7 Å². The predicted molar refractivity (Wildman–Crippen MR) is 91.1 cm³/mol. The summed E-state index contributed by atoms with van der Waals surface area (Å²) >= 11 is 3.38. The molecule has 4 nitrogen and oxygen atoms in total. The van der Waals surface area contributed by atoms with Gasteiger partial charge in [0.25, 0.3) is 5.91 Å². The number of carbonyl (C=O) groups excluding carboxylic acids is 2. The summed E-state index contributed by atoms with van der Waals surface area (Å²) in [6.45, 7) is 1.36. The number of Topliss-reactive ketones (excluding diaryl/α,β-unsaturated/α-hetero) is 1. The first kappa shape index (κ1) is 15.5. The van der Waals surface area contributed by atoms with E-state index in [-0.39, 0.29) is 11.4 Å². The normalized spacial score (nSPS) is 17.7. The minimum absolute atomic E-state index is 0.126. The summed E-state index contributed by atoms with van der Waals surface area (Å²) in [5.74, 6) is -1.37. The van der Waals surface area contributed by atoms with Gasteiger partial charge in [-0.2, -0.15) is 0 Å². The maximum Gasteiger partial charge on any atom is 0.294 e. The van der Waals surface area contributed by atoms with Crippen LogP contribution in [0.3, 0.4) is 0 Å². The fourth-order valence-corrected chi connectivity index (χ4v) is 3.19. The van der Waals surface area contributed by atoms with Crippen LogP contribution < -0.4 is 4.90 Å². The van der Waals surface area contributed by atoms with Gasteiger partial charge in [0.1, 0.15) is 0 Å². The van der Waals surface area contributed by atoms with Crippen molar-refractivity contribution in [3.05, 3.63) is 76.0 Å². The van der Waals surface area contributed by atoms with Gasteiger partial charge in [-0.1, -0.05) is 52.3 Å². The lowest BCUT2D eigenvalue weighted by Crippen LogP contribution is -2.30. The number of rotatable bonds is 3. The summed E-state index contributed by atoms with van der Waals surface area (Å²) in [6.07, 6.45) is 0. The van der Waals surface area contributed by atoms with Gasteiger partial charge in [-0.05, 0) is 30.7 Å². The van der Waals surface area contributed by atoms with Crippen molar-refractivity contribution in [2.24, 2.45) is 0 Å². The standard InChI is InChI=1S/C18H14BrNO3/c1-11(21)15-16(12-6-3-2-4-7-12)20(18(23)17(15)22)14-9-5-8-13(19)10-14/h2-10,16,22H,1H3/t16-/m0/s1. The number of anilines is 1. The van der Waals surface area contributed by atoms with E-state index in [2.05, 4.69) is 15.9 Å². The summed E-state index contributed by atoms with van der Waals surface area (Å²) in [7, 11) is 0. The lowest BCUT2D eigenvalue weighted by molar-refractivity contribution is -0.117. The molecule has 0 radical (unpaired) electrons. The van der Waals surface area contributed by atoms with Crippen molar-refractivity contribution >= 4 is 33.3 Å². The average molecular weight is 372 g/mol. The van der Waals surface area contributed by atoms with E-state index in [1.54, 1.807) is 18.2 Å². The third-order valence-corrected chi connectivity index (χ3v) is 4.28. The number of ketones is 1. The Kier molecular flexibility index (Phi) is 4.05. The van der Waals surface area contributed by atoms with Crippen molar-refractivity contribution in [2.45, 2.75) is 13.0 Å². The zero-order valence-corrected chi connectivity index (χ0v) is 13.9. The van der Waals surface area contributed by atoms with Crippen LogP contribution >= 0.6 is 15.9 Å². The topological polar surface area (TPSA) is 57.6 Å². The SMILES string of the molecule is CC(=O)C1=C(O)C(=O)N(c2cccc(Br)c2)[C@H]1c1ccccc1. The van der Waals surface area contributed by atoms with Crippen LogP contribution in [0.2, 0.25) is 0 Å². The summed E-state index contributed by atoms with van der Waals surface area (Å²) in [4.78, 5) is 26.0. The first-order valence-electron chi connectivity index (χ1n) is 7.09. The van der Waals surface area contributed by atoms with Crippen LogP contribution in [0, 0.1) is 0 Å². The quantitative estimate of drug-likeness (QED) is 0.888. The van der Waals surface area contributed by atoms with Gasteiger partial charge in [-0.15, -0.1) is 0 Å². The van der Waals surface area contributed by atoms with Gasteiger partial charge >= 0.3 is 0 Å². The van der Waals surface area contributed by atoms with Crippen molar-refractivity contribution in [3.63, 3.8) is 0 Å². The average Bonchev–Trinajstić information content (AvgIpc) is 2.80. The molecule has 3 rings (SSSR count). The molecular weight excluding hydrogens is 358 g/mol. The molecule has 1 aliphatic rings. The van der Waals surface area contributed by atoms with E-state index in [0.29, 0.717) is 5.69 Å². The largest absolute Gasteiger partial charge is 0.503 e. The van der Waals surface area contributed by atoms with Crippen LogP contribution in [-0.2, 0) is 9.59 Å². The highest BCUT2D eigenvalue weighted by molar-refractivity contribution is 9.10. The number of hydrogen-bond donors (Lipinski definition) is 1. The Labute approximate surface area is 142 Å². The molecule has 0 saturated heterocycles. The zero-order valence-electron chi connectivity index (χ0n) is 12.4. The molecule has 1 amide bonds. The number of aliphatic hydroxyl groups excluding tert-OH is 1. The Hall–Kier alpha value is -2.40. The highest BCUT2D eigenvalue weighted by Crippen LogP contribution is 2.41. The Morgan fingerprint density at radius 2 is 1.83 bits per heavy atom. The van der Waals surface area contributed by atoms with Gasteiger partial charge in [0.2, 0.25) is 0 Å². The molecule has 2 aromatic rings. The first-order chi connectivity index (χ1) is 11.0. The number of halogens is 1. The fourth-order valence-electron chi connectivity index (χ4n) is 2.81. The molecule has 0 aromatic heterocycles. The van der Waals surface area contributed by atoms with E-state index in [4.69, 9.17) is 0 Å². The number of carbonyl (C=O) groups is 2. The number of benzene rings is 2. The van der Waals surface area contributed by atoms with Gasteiger partial charge in [0, 0.05) is 10.2 Å². The molecule has 2 aromatic carbocycles. The molecule has 1 N–H and O–H groups in total. The Morgan fingerprint density at radius 3 is 2.43 bits per heavy atom. The minimum Gasteiger partial charge on any atom is -0.503 e. The van der Waals surface area contributed by atoms with Gasteiger partial charge in [0.15, 0.2) is 11.5 Å². The summed E-state index contributed by atoms with van der Waals surface area (Å²) in [5.41, 5.74) is 1.51. The van der Waals surface area contributed by atoms with Crippen LogP contribution in [0.15, 0.2) is 70.4 Å². The van der Waals surface area contributed by atoms with Gasteiger partial charge in [0.05, 0.1) is 11.6 Å². The summed E-state index contributed by atoms with van der Waals surface area (Å²) < 4.78 is 0.811. The van der Waals surface area contributed by atoms with Crippen molar-refractivity contribution in [2.75, 3.05) is 4.90 Å². The minimum atomic E-state index is -0.629. The molecule has 116 valence electrons. The Morgan fingerprint density at radius 1 is 1.13 bits per heavy atom. The van der Waals surface area contributed by atoms with E-state index in [1.807, 2.05) is 36.4 Å². The first-order valence-corrected chi connectivity index (χ1v) is 7.88. The molecular formula is C18H14BrNO3. The Balaban J connectivity index is 2.19. The lowest BCUT2D eigenvalue weighted by Gasteiger charge is -2.26. The molecule has 0 bridgehead atoms. The highest BCUT2D eigenvalue weighted by Gasteiger charge is 2.43. The molecule has 0 spiro atoms. The molecule has 0 saturated carbocycles. The second-order valence-corrected chi connectivity index (χ2v) is 6.20. The van der Waals surface area contributed by atoms with E-state index >= 15 is 0 Å². The van der Waals surface area contributed by atoms with E-state index in [0.717, 1.165) is 10.0 Å². The third kappa shape index (κ3) is 2.68. The molecule has 1 heterocycles. The number of amides is 1. The highest BCUT2D eigenvalue weighted by atomic mass is 79.9. The van der Waals surface area contributed by atoms with Gasteiger partial charge in [-0.25, -0.2) is 0 Å². The van der Waals surface area contributed by atoms with E-state index < -0.39 is 17.7 Å². The summed E-state index contributed by atoms with van der Waals surface area (Å²) in [5, 5.41) is 10.2. The number of aliphatic hydroxyl groups is 1. The monoisotopic (exact) mass is 371 g/mol. The van der Waals surface area contributed by atoms with Crippen molar-refractivity contribution in [3.8, 4) is 0 Å². The maximum absolute atomic E-state index is 12.6. The van der Waals surface area contributed by atoms with Gasteiger partial charge in [-0.3, -0.25) is 14.5 Å². The zero-order chi connectivity index (χ0) is 16.6. The van der Waals surface area contributed by atoms with Crippen LogP contribution in [0.1, 0.15) is 18.5 Å². The molecule has 0 aliphatic carbocycles. The molecule has 1 aliphatic heterocycles. The number of nitrogens with zero attached hydrogens (tertiary/aromatic N) is 1. The third-order valence-electron chi connectivity index (χ3n) is 3.79. The smallest absolute Gasteiger partial charge is 0.294 e. The van der Waals surface area contributed by atoms with Crippen LogP contribution in [0.25, 0.3) is 0 Å². The predicted octanol–water partition coefficient (Wildman–Crippen LogP) is 3.94. The molecule has 1 atom stereocenters. The summed E-state index contributed by atoms with van der Waals surface area (Å²) in [6, 6.07) is 15.8. The van der Waals surface area contributed by atoms with E-state index in [1.165, 1.54) is 11.8 Å². The lowest BCUT2D eigenvalue weighted by atomic mass is 9.96. The van der Waals surface area contributed by atoms with Crippen LogP contribution in [-0.4, -0.2) is 16.8 Å². The molecule has 0 fully saturated rings. The van der Waals surface area contributed by atoms with Crippen molar-refractivity contribution < 1.29 is 14.7 Å². The van der Waals surface area contributed by atoms with Crippen LogP contribution in [0.5, 0.6) is 0 Å². The molecule has 0 unspecified atom stereocenters. The number of hydrogen-bond acceptors (Lipinski definition) is 3. The second-order valence-electron chi connectivity index (χ2n) is 5.29. The van der Waals surface area contributed by atoms with Crippen molar-refractivity contribution in [1.29, 1.82) is 0 Å². The van der Waals surface area contributed by atoms with Crippen molar-refractivity contribution in [1.82, 2.24) is 0 Å². The maximum atomic E-state index is 12.6. The van der Waals surface area contributed by atoms with Crippen LogP contribution in [0.4, 0.5) is 5.69 Å². The fraction of sp³-hybridized carbons (Fsp3) is 0.111. The second kappa shape index (κ2) is 6.01.